The Balaban J connectivity index is 2.01. The lowest BCUT2D eigenvalue weighted by molar-refractivity contribution is -0.116. The summed E-state index contributed by atoms with van der Waals surface area (Å²) in [6, 6.07) is 7.43. The van der Waals surface area contributed by atoms with E-state index in [1.165, 1.54) is 17.1 Å². The van der Waals surface area contributed by atoms with Crippen LogP contribution in [0.2, 0.25) is 0 Å². The van der Waals surface area contributed by atoms with Crippen molar-refractivity contribution in [3.8, 4) is 0 Å². The Morgan fingerprint density at radius 3 is 2.74 bits per heavy atom. The normalized spacial score (nSPS) is 10.2. The molecule has 0 radical (unpaired) electrons. The molecule has 0 spiro atoms. The highest BCUT2D eigenvalue weighted by molar-refractivity contribution is 5.91. The molecule has 0 saturated carbocycles. The van der Waals surface area contributed by atoms with Crippen LogP contribution >= 0.6 is 0 Å². The first-order valence-corrected chi connectivity index (χ1v) is 5.67. The molecule has 0 saturated heterocycles. The first-order valence-electron chi connectivity index (χ1n) is 5.67. The van der Waals surface area contributed by atoms with Crippen LogP contribution in [0.1, 0.15) is 16.1 Å². The van der Waals surface area contributed by atoms with E-state index < -0.39 is 5.97 Å². The monoisotopic (exact) mass is 259 g/mol. The minimum atomic E-state index is -1.11. The number of hydrogen-bond donors (Lipinski definition) is 2. The Morgan fingerprint density at radius 1 is 1.37 bits per heavy atom. The SMILES string of the molecule is Cc1ccccc1NC(=O)Cn1cnc(C(=O)O)c1. The van der Waals surface area contributed by atoms with Gasteiger partial charge in [-0.05, 0) is 18.6 Å². The standard InChI is InChI=1S/C13H13N3O3/c1-9-4-2-3-5-10(9)15-12(17)7-16-6-11(13(18)19)14-8-16/h2-6,8H,7H2,1H3,(H,15,17)(H,18,19). The van der Waals surface area contributed by atoms with Gasteiger partial charge in [0.15, 0.2) is 5.69 Å². The topological polar surface area (TPSA) is 84.2 Å². The highest BCUT2D eigenvalue weighted by atomic mass is 16.4. The Bertz CT molecular complexity index is 619. The third kappa shape index (κ3) is 3.19. The molecule has 0 bridgehead atoms. The Labute approximate surface area is 109 Å². The molecule has 2 rings (SSSR count). The molecule has 6 heteroatoms. The van der Waals surface area contributed by atoms with Gasteiger partial charge in [-0.3, -0.25) is 4.79 Å². The first kappa shape index (κ1) is 12.8. The molecule has 1 aromatic carbocycles. The average Bonchev–Trinajstić information content (AvgIpc) is 2.80. The summed E-state index contributed by atoms with van der Waals surface area (Å²) in [7, 11) is 0. The van der Waals surface area contributed by atoms with E-state index in [0.717, 1.165) is 11.3 Å². The molecule has 1 aromatic heterocycles. The maximum Gasteiger partial charge on any atom is 0.356 e. The fraction of sp³-hybridized carbons (Fsp3) is 0.154. The number of aromatic nitrogens is 2. The van der Waals surface area contributed by atoms with Crippen LogP contribution in [-0.2, 0) is 11.3 Å². The molecule has 0 atom stereocenters. The van der Waals surface area contributed by atoms with Crippen molar-refractivity contribution in [3.05, 3.63) is 48.0 Å². The summed E-state index contributed by atoms with van der Waals surface area (Å²) in [5.74, 6) is -1.35. The Kier molecular flexibility index (Phi) is 3.61. The van der Waals surface area contributed by atoms with Gasteiger partial charge in [0, 0.05) is 11.9 Å². The van der Waals surface area contributed by atoms with E-state index >= 15 is 0 Å². The van der Waals surface area contributed by atoms with Crippen LogP contribution in [0.15, 0.2) is 36.8 Å². The van der Waals surface area contributed by atoms with Crippen LogP contribution in [-0.4, -0.2) is 26.5 Å². The number of nitrogens with one attached hydrogen (secondary N) is 1. The average molecular weight is 259 g/mol. The maximum atomic E-state index is 11.8. The van der Waals surface area contributed by atoms with Crippen molar-refractivity contribution in [1.82, 2.24) is 9.55 Å². The molecule has 0 fully saturated rings. The zero-order valence-electron chi connectivity index (χ0n) is 10.3. The van der Waals surface area contributed by atoms with Gasteiger partial charge in [-0.25, -0.2) is 9.78 Å². The number of nitrogens with zero attached hydrogens (tertiary/aromatic N) is 2. The number of hydrogen-bond acceptors (Lipinski definition) is 3. The quantitative estimate of drug-likeness (QED) is 0.872. The maximum absolute atomic E-state index is 11.8. The number of aromatic carboxylic acids is 1. The zero-order valence-corrected chi connectivity index (χ0v) is 10.3. The van der Waals surface area contributed by atoms with Gasteiger partial charge in [0.05, 0.1) is 6.33 Å². The van der Waals surface area contributed by atoms with Crippen molar-refractivity contribution in [2.24, 2.45) is 0 Å². The number of amides is 1. The predicted molar refractivity (Wildman–Crippen MR) is 69.0 cm³/mol. The van der Waals surface area contributed by atoms with Crippen LogP contribution in [0.4, 0.5) is 5.69 Å². The second kappa shape index (κ2) is 5.34. The second-order valence-electron chi connectivity index (χ2n) is 4.10. The summed E-state index contributed by atoms with van der Waals surface area (Å²) in [6.45, 7) is 1.92. The number of carbonyl (C=O) groups excluding carboxylic acids is 1. The van der Waals surface area contributed by atoms with E-state index in [1.807, 2.05) is 31.2 Å². The van der Waals surface area contributed by atoms with Gasteiger partial charge in [0.1, 0.15) is 6.54 Å². The van der Waals surface area contributed by atoms with E-state index in [4.69, 9.17) is 5.11 Å². The third-order valence-electron chi connectivity index (χ3n) is 2.60. The molecule has 6 nitrogen and oxygen atoms in total. The molecular weight excluding hydrogens is 246 g/mol. The molecule has 0 aliphatic carbocycles. The van der Waals surface area contributed by atoms with Gasteiger partial charge in [-0.1, -0.05) is 18.2 Å². The highest BCUT2D eigenvalue weighted by Crippen LogP contribution is 2.13. The van der Waals surface area contributed by atoms with Crippen LogP contribution in [0.3, 0.4) is 0 Å². The van der Waals surface area contributed by atoms with Gasteiger partial charge < -0.3 is 15.0 Å². The lowest BCUT2D eigenvalue weighted by Gasteiger charge is -2.08. The van der Waals surface area contributed by atoms with Crippen molar-refractivity contribution in [1.29, 1.82) is 0 Å². The largest absolute Gasteiger partial charge is 0.476 e. The molecule has 2 N–H and O–H groups in total. The van der Waals surface area contributed by atoms with Gasteiger partial charge >= 0.3 is 5.97 Å². The van der Waals surface area contributed by atoms with Crippen LogP contribution < -0.4 is 5.32 Å². The number of carbonyl (C=O) groups is 2. The second-order valence-corrected chi connectivity index (χ2v) is 4.10. The lowest BCUT2D eigenvalue weighted by atomic mass is 10.2. The highest BCUT2D eigenvalue weighted by Gasteiger charge is 2.09. The van der Waals surface area contributed by atoms with Crippen molar-refractivity contribution < 1.29 is 14.7 Å². The number of benzene rings is 1. The number of rotatable bonds is 4. The van der Waals surface area contributed by atoms with Crippen molar-refractivity contribution in [2.45, 2.75) is 13.5 Å². The van der Waals surface area contributed by atoms with Crippen LogP contribution in [0.5, 0.6) is 0 Å². The summed E-state index contributed by atoms with van der Waals surface area (Å²) < 4.78 is 1.43. The summed E-state index contributed by atoms with van der Waals surface area (Å²) in [4.78, 5) is 26.1. The Hall–Kier alpha value is -2.63. The van der Waals surface area contributed by atoms with Gasteiger partial charge in [-0.2, -0.15) is 0 Å². The zero-order chi connectivity index (χ0) is 13.8. The van der Waals surface area contributed by atoms with Gasteiger partial charge in [0.25, 0.3) is 0 Å². The van der Waals surface area contributed by atoms with Crippen LogP contribution in [0.25, 0.3) is 0 Å². The molecule has 0 aliphatic rings. The number of carboxylic acid groups (broad SMARTS) is 1. The van der Waals surface area contributed by atoms with E-state index in [-0.39, 0.29) is 18.1 Å². The summed E-state index contributed by atoms with van der Waals surface area (Å²) >= 11 is 0. The van der Waals surface area contributed by atoms with Crippen molar-refractivity contribution in [3.63, 3.8) is 0 Å². The number of anilines is 1. The number of para-hydroxylation sites is 1. The van der Waals surface area contributed by atoms with E-state index in [2.05, 4.69) is 10.3 Å². The van der Waals surface area contributed by atoms with Gasteiger partial charge in [-0.15, -0.1) is 0 Å². The smallest absolute Gasteiger partial charge is 0.356 e. The number of aryl methyl sites for hydroxylation is 1. The van der Waals surface area contributed by atoms with E-state index in [9.17, 15) is 9.59 Å². The lowest BCUT2D eigenvalue weighted by Crippen LogP contribution is -2.18. The van der Waals surface area contributed by atoms with Crippen LogP contribution in [0, 0.1) is 6.92 Å². The molecule has 0 unspecified atom stereocenters. The summed E-state index contributed by atoms with van der Waals surface area (Å²) in [5.41, 5.74) is 1.63. The first-order chi connectivity index (χ1) is 9.06. The van der Waals surface area contributed by atoms with Crippen molar-refractivity contribution in [2.75, 3.05) is 5.32 Å². The molecule has 19 heavy (non-hydrogen) atoms. The molecule has 1 heterocycles. The fourth-order valence-electron chi connectivity index (χ4n) is 1.63. The molecular formula is C13H13N3O3. The minimum absolute atomic E-state index is 0.0224. The van der Waals surface area contributed by atoms with Crippen molar-refractivity contribution >= 4 is 17.6 Å². The summed E-state index contributed by atoms with van der Waals surface area (Å²) in [6.07, 6.45) is 2.64. The summed E-state index contributed by atoms with van der Waals surface area (Å²) in [5, 5.41) is 11.5. The fourth-order valence-corrected chi connectivity index (χ4v) is 1.63. The Morgan fingerprint density at radius 2 is 2.11 bits per heavy atom. The molecule has 98 valence electrons. The molecule has 2 aromatic rings. The van der Waals surface area contributed by atoms with E-state index in [1.54, 1.807) is 0 Å². The van der Waals surface area contributed by atoms with E-state index in [0.29, 0.717) is 0 Å². The molecule has 0 aliphatic heterocycles. The van der Waals surface area contributed by atoms with Gasteiger partial charge in [0.2, 0.25) is 5.91 Å². The number of imidazole rings is 1. The minimum Gasteiger partial charge on any atom is -0.476 e. The molecule has 1 amide bonds. The predicted octanol–water partition coefficient (Wildman–Crippen LogP) is 1.53. The third-order valence-corrected chi connectivity index (χ3v) is 2.60. The number of carboxylic acids is 1.